The molecule has 30 heavy (non-hydrogen) atoms. The van der Waals surface area contributed by atoms with Crippen LogP contribution in [0.4, 0.5) is 0 Å². The standard InChI is InChI=1S/C24H28N2O4/c1-2-28-21-10-12-22(13-11-21)30-16-14-25-24(27)19-26(18-23-9-6-15-29-23)17-20-7-4-3-5-8-20/h3-13,15H,2,14,16-19H2,1H3,(H,25,27). The number of hydrogen-bond donors (Lipinski definition) is 1. The van der Waals surface area contributed by atoms with Crippen LogP contribution in [0.25, 0.3) is 0 Å². The minimum Gasteiger partial charge on any atom is -0.494 e. The molecule has 6 nitrogen and oxygen atoms in total. The van der Waals surface area contributed by atoms with Gasteiger partial charge in [-0.15, -0.1) is 0 Å². The number of hydrogen-bond acceptors (Lipinski definition) is 5. The largest absolute Gasteiger partial charge is 0.494 e. The summed E-state index contributed by atoms with van der Waals surface area (Å²) in [6, 6.07) is 21.3. The van der Waals surface area contributed by atoms with Crippen LogP contribution in [0.2, 0.25) is 0 Å². The van der Waals surface area contributed by atoms with Crippen molar-refractivity contribution in [2.45, 2.75) is 20.0 Å². The Bertz CT molecular complexity index is 864. The molecular weight excluding hydrogens is 380 g/mol. The molecule has 158 valence electrons. The monoisotopic (exact) mass is 408 g/mol. The zero-order chi connectivity index (χ0) is 21.0. The van der Waals surface area contributed by atoms with Gasteiger partial charge in [-0.25, -0.2) is 0 Å². The van der Waals surface area contributed by atoms with Gasteiger partial charge in [0.15, 0.2) is 0 Å². The number of ether oxygens (including phenoxy) is 2. The number of carbonyl (C=O) groups excluding carboxylic acids is 1. The maximum atomic E-state index is 12.4. The molecule has 2 aromatic carbocycles. The molecule has 0 aliphatic heterocycles. The molecule has 1 N–H and O–H groups in total. The lowest BCUT2D eigenvalue weighted by molar-refractivity contribution is -0.122. The average molecular weight is 408 g/mol. The Hall–Kier alpha value is -3.25. The number of amides is 1. The lowest BCUT2D eigenvalue weighted by Crippen LogP contribution is -2.38. The fourth-order valence-corrected chi connectivity index (χ4v) is 3.05. The molecule has 3 aromatic rings. The van der Waals surface area contributed by atoms with Crippen molar-refractivity contribution in [3.63, 3.8) is 0 Å². The van der Waals surface area contributed by atoms with E-state index >= 15 is 0 Å². The van der Waals surface area contributed by atoms with E-state index in [0.717, 1.165) is 22.8 Å². The first-order valence-electron chi connectivity index (χ1n) is 10.1. The van der Waals surface area contributed by atoms with Gasteiger partial charge in [-0.1, -0.05) is 30.3 Å². The van der Waals surface area contributed by atoms with Crippen molar-refractivity contribution in [3.05, 3.63) is 84.3 Å². The maximum absolute atomic E-state index is 12.4. The number of nitrogens with zero attached hydrogens (tertiary/aromatic N) is 1. The zero-order valence-corrected chi connectivity index (χ0v) is 17.3. The van der Waals surface area contributed by atoms with E-state index in [0.29, 0.717) is 32.8 Å². The van der Waals surface area contributed by atoms with E-state index in [1.165, 1.54) is 0 Å². The predicted octanol–water partition coefficient (Wildman–Crippen LogP) is 3.88. The molecule has 0 atom stereocenters. The van der Waals surface area contributed by atoms with E-state index in [4.69, 9.17) is 13.9 Å². The summed E-state index contributed by atoms with van der Waals surface area (Å²) in [4.78, 5) is 14.5. The van der Waals surface area contributed by atoms with Crippen LogP contribution < -0.4 is 14.8 Å². The van der Waals surface area contributed by atoms with Gasteiger partial charge < -0.3 is 19.2 Å². The van der Waals surface area contributed by atoms with Crippen molar-refractivity contribution >= 4 is 5.91 Å². The van der Waals surface area contributed by atoms with Gasteiger partial charge in [0.1, 0.15) is 23.9 Å². The van der Waals surface area contributed by atoms with Crippen molar-refractivity contribution < 1.29 is 18.7 Å². The summed E-state index contributed by atoms with van der Waals surface area (Å²) in [5.41, 5.74) is 1.15. The third-order valence-corrected chi connectivity index (χ3v) is 4.40. The molecule has 0 saturated carbocycles. The van der Waals surface area contributed by atoms with Crippen molar-refractivity contribution in [1.82, 2.24) is 10.2 Å². The van der Waals surface area contributed by atoms with Crippen LogP contribution in [0.3, 0.4) is 0 Å². The molecule has 0 spiro atoms. The molecular formula is C24H28N2O4. The average Bonchev–Trinajstić information content (AvgIpc) is 3.26. The molecule has 0 aliphatic rings. The van der Waals surface area contributed by atoms with Gasteiger partial charge in [-0.05, 0) is 48.9 Å². The zero-order valence-electron chi connectivity index (χ0n) is 17.3. The summed E-state index contributed by atoms with van der Waals surface area (Å²) < 4.78 is 16.5. The van der Waals surface area contributed by atoms with Crippen LogP contribution in [0.1, 0.15) is 18.2 Å². The van der Waals surface area contributed by atoms with Crippen LogP contribution in [-0.2, 0) is 17.9 Å². The van der Waals surface area contributed by atoms with Crippen molar-refractivity contribution in [2.24, 2.45) is 0 Å². The van der Waals surface area contributed by atoms with Gasteiger partial charge in [0.25, 0.3) is 0 Å². The van der Waals surface area contributed by atoms with Crippen molar-refractivity contribution in [1.29, 1.82) is 0 Å². The first-order chi connectivity index (χ1) is 14.7. The minimum absolute atomic E-state index is 0.0484. The van der Waals surface area contributed by atoms with E-state index in [1.54, 1.807) is 6.26 Å². The number of nitrogens with one attached hydrogen (secondary N) is 1. The topological polar surface area (TPSA) is 63.9 Å². The van der Waals surface area contributed by atoms with Crippen LogP contribution in [0.15, 0.2) is 77.4 Å². The summed E-state index contributed by atoms with van der Waals surface area (Å²) in [6.45, 7) is 4.92. The van der Waals surface area contributed by atoms with Crippen LogP contribution in [0, 0.1) is 0 Å². The SMILES string of the molecule is CCOc1ccc(OCCNC(=O)CN(Cc2ccccc2)Cc2ccco2)cc1. The van der Waals surface area contributed by atoms with E-state index in [-0.39, 0.29) is 12.5 Å². The number of carbonyl (C=O) groups is 1. The molecule has 1 aromatic heterocycles. The first kappa shape index (κ1) is 21.5. The Balaban J connectivity index is 1.44. The second-order valence-electron chi connectivity index (χ2n) is 6.81. The smallest absolute Gasteiger partial charge is 0.234 e. The third-order valence-electron chi connectivity index (χ3n) is 4.40. The summed E-state index contributed by atoms with van der Waals surface area (Å²) in [7, 11) is 0. The highest BCUT2D eigenvalue weighted by atomic mass is 16.5. The Morgan fingerprint density at radius 1 is 0.933 bits per heavy atom. The maximum Gasteiger partial charge on any atom is 0.234 e. The van der Waals surface area contributed by atoms with Gasteiger partial charge in [-0.2, -0.15) is 0 Å². The number of furan rings is 1. The van der Waals surface area contributed by atoms with Crippen LogP contribution in [-0.4, -0.2) is 37.1 Å². The quantitative estimate of drug-likeness (QED) is 0.461. The van der Waals surface area contributed by atoms with E-state index in [1.807, 2.05) is 61.5 Å². The highest BCUT2D eigenvalue weighted by Crippen LogP contribution is 2.17. The Morgan fingerprint density at radius 3 is 2.33 bits per heavy atom. The molecule has 6 heteroatoms. The Morgan fingerprint density at radius 2 is 1.67 bits per heavy atom. The van der Waals surface area contributed by atoms with Gasteiger partial charge in [0, 0.05) is 6.54 Å². The molecule has 3 rings (SSSR count). The van der Waals surface area contributed by atoms with Crippen LogP contribution in [0.5, 0.6) is 11.5 Å². The van der Waals surface area contributed by atoms with E-state index < -0.39 is 0 Å². The van der Waals surface area contributed by atoms with Crippen molar-refractivity contribution in [3.8, 4) is 11.5 Å². The normalized spacial score (nSPS) is 10.7. The summed E-state index contributed by atoms with van der Waals surface area (Å²) in [5, 5.41) is 2.92. The van der Waals surface area contributed by atoms with E-state index in [2.05, 4.69) is 22.3 Å². The lowest BCUT2D eigenvalue weighted by Gasteiger charge is -2.21. The fraction of sp³-hybridized carbons (Fsp3) is 0.292. The van der Waals surface area contributed by atoms with Crippen molar-refractivity contribution in [2.75, 3.05) is 26.3 Å². The molecule has 0 saturated heterocycles. The van der Waals surface area contributed by atoms with E-state index in [9.17, 15) is 4.79 Å². The summed E-state index contributed by atoms with van der Waals surface area (Å²) >= 11 is 0. The van der Waals surface area contributed by atoms with Gasteiger partial charge in [-0.3, -0.25) is 9.69 Å². The fourth-order valence-electron chi connectivity index (χ4n) is 3.05. The molecule has 0 radical (unpaired) electrons. The third kappa shape index (κ3) is 7.29. The predicted molar refractivity (Wildman–Crippen MR) is 115 cm³/mol. The lowest BCUT2D eigenvalue weighted by atomic mass is 10.2. The second-order valence-corrected chi connectivity index (χ2v) is 6.81. The van der Waals surface area contributed by atoms with Gasteiger partial charge >= 0.3 is 0 Å². The van der Waals surface area contributed by atoms with Crippen LogP contribution >= 0.6 is 0 Å². The van der Waals surface area contributed by atoms with Gasteiger partial charge in [0.2, 0.25) is 5.91 Å². The molecule has 0 unspecified atom stereocenters. The van der Waals surface area contributed by atoms with Gasteiger partial charge in [0.05, 0.1) is 32.5 Å². The number of benzene rings is 2. The molecule has 1 heterocycles. The second kappa shape index (κ2) is 11.7. The highest BCUT2D eigenvalue weighted by Gasteiger charge is 2.13. The highest BCUT2D eigenvalue weighted by molar-refractivity contribution is 5.78. The molecule has 1 amide bonds. The summed E-state index contributed by atoms with van der Waals surface area (Å²) in [6.07, 6.45) is 1.65. The Labute approximate surface area is 177 Å². The molecule has 0 bridgehead atoms. The minimum atomic E-state index is -0.0484. The summed E-state index contributed by atoms with van der Waals surface area (Å²) in [5.74, 6) is 2.34. The first-order valence-corrected chi connectivity index (χ1v) is 10.1. The Kier molecular flexibility index (Phi) is 8.35. The molecule has 0 aliphatic carbocycles. The number of rotatable bonds is 12. The molecule has 0 fully saturated rings.